The lowest BCUT2D eigenvalue weighted by Crippen LogP contribution is -2.32. The van der Waals surface area contributed by atoms with Crippen molar-refractivity contribution in [2.45, 2.75) is 32.2 Å². The molecular formula is C17H24N4O. The lowest BCUT2D eigenvalue weighted by Gasteiger charge is -2.13. The summed E-state index contributed by atoms with van der Waals surface area (Å²) >= 11 is 0. The molecule has 2 rings (SSSR count). The minimum absolute atomic E-state index is 0.0866. The van der Waals surface area contributed by atoms with Gasteiger partial charge in [-0.15, -0.1) is 0 Å². The Balaban J connectivity index is 2.03. The zero-order chi connectivity index (χ0) is 16.3. The van der Waals surface area contributed by atoms with E-state index >= 15 is 0 Å². The number of nitrogens with one attached hydrogen (secondary N) is 1. The number of amides is 1. The SMILES string of the molecule is Cn1nc(C(C)(C)C)cc1C(=O)NCC(N)c1ccccc1. The van der Waals surface area contributed by atoms with Crippen LogP contribution >= 0.6 is 0 Å². The Hall–Kier alpha value is -2.14. The van der Waals surface area contributed by atoms with Crippen molar-refractivity contribution in [3.05, 3.63) is 53.3 Å². The normalized spacial score (nSPS) is 13.0. The Morgan fingerprint density at radius 2 is 1.95 bits per heavy atom. The van der Waals surface area contributed by atoms with Crippen LogP contribution < -0.4 is 11.1 Å². The van der Waals surface area contributed by atoms with Gasteiger partial charge in [0.15, 0.2) is 0 Å². The maximum absolute atomic E-state index is 12.3. The van der Waals surface area contributed by atoms with E-state index in [1.165, 1.54) is 0 Å². The van der Waals surface area contributed by atoms with Gasteiger partial charge in [0.05, 0.1) is 5.69 Å². The molecule has 0 aliphatic heterocycles. The molecule has 5 nitrogen and oxygen atoms in total. The third-order valence-corrected chi connectivity index (χ3v) is 3.59. The topological polar surface area (TPSA) is 72.9 Å². The Kier molecular flexibility index (Phi) is 4.66. The number of carbonyl (C=O) groups is 1. The van der Waals surface area contributed by atoms with Crippen molar-refractivity contribution in [1.82, 2.24) is 15.1 Å². The Bertz CT molecular complexity index is 640. The molecule has 1 aromatic carbocycles. The summed E-state index contributed by atoms with van der Waals surface area (Å²) < 4.78 is 1.62. The Morgan fingerprint density at radius 3 is 2.50 bits per heavy atom. The van der Waals surface area contributed by atoms with Crippen LogP contribution in [-0.2, 0) is 12.5 Å². The van der Waals surface area contributed by atoms with Crippen molar-refractivity contribution in [2.75, 3.05) is 6.54 Å². The molecule has 1 amide bonds. The first kappa shape index (κ1) is 16.2. The van der Waals surface area contributed by atoms with Crippen LogP contribution in [0.5, 0.6) is 0 Å². The van der Waals surface area contributed by atoms with E-state index in [9.17, 15) is 4.79 Å². The van der Waals surface area contributed by atoms with Gasteiger partial charge in [0.1, 0.15) is 5.69 Å². The van der Waals surface area contributed by atoms with Crippen LogP contribution in [-0.4, -0.2) is 22.2 Å². The number of aryl methyl sites for hydroxylation is 1. The predicted molar refractivity (Wildman–Crippen MR) is 87.6 cm³/mol. The van der Waals surface area contributed by atoms with E-state index < -0.39 is 0 Å². The highest BCUT2D eigenvalue weighted by molar-refractivity contribution is 5.92. The van der Waals surface area contributed by atoms with E-state index in [4.69, 9.17) is 5.73 Å². The quantitative estimate of drug-likeness (QED) is 0.908. The fraction of sp³-hybridized carbons (Fsp3) is 0.412. The van der Waals surface area contributed by atoms with E-state index in [0.29, 0.717) is 12.2 Å². The number of nitrogens with two attached hydrogens (primary N) is 1. The van der Waals surface area contributed by atoms with Crippen molar-refractivity contribution in [3.8, 4) is 0 Å². The summed E-state index contributed by atoms with van der Waals surface area (Å²) in [5.41, 5.74) is 8.46. The molecule has 1 unspecified atom stereocenters. The fourth-order valence-electron chi connectivity index (χ4n) is 2.16. The molecule has 0 saturated heterocycles. The molecule has 118 valence electrons. The molecule has 5 heteroatoms. The lowest BCUT2D eigenvalue weighted by molar-refractivity contribution is 0.0942. The van der Waals surface area contributed by atoms with Crippen LogP contribution in [0.1, 0.15) is 48.6 Å². The van der Waals surface area contributed by atoms with E-state index in [2.05, 4.69) is 31.2 Å². The predicted octanol–water partition coefficient (Wildman–Crippen LogP) is 2.15. The summed E-state index contributed by atoms with van der Waals surface area (Å²) in [4.78, 5) is 12.3. The molecule has 2 aromatic rings. The summed E-state index contributed by atoms with van der Waals surface area (Å²) in [5.74, 6) is -0.156. The number of carbonyl (C=O) groups excluding carboxylic acids is 1. The third-order valence-electron chi connectivity index (χ3n) is 3.59. The molecule has 1 atom stereocenters. The number of hydrogen-bond donors (Lipinski definition) is 2. The average molecular weight is 300 g/mol. The van der Waals surface area contributed by atoms with Crippen LogP contribution in [0.2, 0.25) is 0 Å². The van der Waals surface area contributed by atoms with Crippen LogP contribution in [0.3, 0.4) is 0 Å². The molecule has 1 heterocycles. The summed E-state index contributed by atoms with van der Waals surface area (Å²) in [7, 11) is 1.78. The number of benzene rings is 1. The largest absolute Gasteiger partial charge is 0.349 e. The highest BCUT2D eigenvalue weighted by atomic mass is 16.2. The van der Waals surface area contributed by atoms with E-state index in [0.717, 1.165) is 11.3 Å². The van der Waals surface area contributed by atoms with Gasteiger partial charge in [0.25, 0.3) is 5.91 Å². The molecule has 22 heavy (non-hydrogen) atoms. The first-order valence-corrected chi connectivity index (χ1v) is 7.42. The summed E-state index contributed by atoms with van der Waals surface area (Å²) in [6.07, 6.45) is 0. The molecule has 0 spiro atoms. The standard InChI is InChI=1S/C17H24N4O/c1-17(2,3)15-10-14(21(4)20-15)16(22)19-11-13(18)12-8-6-5-7-9-12/h5-10,13H,11,18H2,1-4H3,(H,19,22). The molecule has 0 radical (unpaired) electrons. The summed E-state index contributed by atoms with van der Waals surface area (Å²) in [6, 6.07) is 11.3. The molecule has 0 bridgehead atoms. The van der Waals surface area contributed by atoms with Crippen LogP contribution in [0.4, 0.5) is 0 Å². The highest BCUT2D eigenvalue weighted by Crippen LogP contribution is 2.21. The minimum Gasteiger partial charge on any atom is -0.349 e. The molecule has 0 aliphatic rings. The summed E-state index contributed by atoms with van der Waals surface area (Å²) in [6.45, 7) is 6.60. The van der Waals surface area contributed by atoms with Gasteiger partial charge >= 0.3 is 0 Å². The maximum Gasteiger partial charge on any atom is 0.269 e. The second-order valence-corrected chi connectivity index (χ2v) is 6.52. The molecule has 3 N–H and O–H groups in total. The number of rotatable bonds is 4. The van der Waals surface area contributed by atoms with Gasteiger partial charge in [-0.25, -0.2) is 0 Å². The Morgan fingerprint density at radius 1 is 1.32 bits per heavy atom. The van der Waals surface area contributed by atoms with Crippen LogP contribution in [0.15, 0.2) is 36.4 Å². The molecule has 0 fully saturated rings. The maximum atomic E-state index is 12.3. The monoisotopic (exact) mass is 300 g/mol. The minimum atomic E-state index is -0.222. The summed E-state index contributed by atoms with van der Waals surface area (Å²) in [5, 5.41) is 7.29. The Labute approximate surface area is 131 Å². The van der Waals surface area contributed by atoms with E-state index in [-0.39, 0.29) is 17.4 Å². The van der Waals surface area contributed by atoms with E-state index in [1.54, 1.807) is 11.7 Å². The molecule has 1 aromatic heterocycles. The van der Waals surface area contributed by atoms with E-state index in [1.807, 2.05) is 36.4 Å². The van der Waals surface area contributed by atoms with Crippen LogP contribution in [0.25, 0.3) is 0 Å². The molecule has 0 aliphatic carbocycles. The van der Waals surface area contributed by atoms with Crippen molar-refractivity contribution >= 4 is 5.91 Å². The van der Waals surface area contributed by atoms with Crippen molar-refractivity contribution in [3.63, 3.8) is 0 Å². The van der Waals surface area contributed by atoms with Gasteiger partial charge in [-0.3, -0.25) is 9.48 Å². The zero-order valence-electron chi connectivity index (χ0n) is 13.6. The van der Waals surface area contributed by atoms with Gasteiger partial charge in [-0.1, -0.05) is 51.1 Å². The first-order valence-electron chi connectivity index (χ1n) is 7.42. The average Bonchev–Trinajstić information content (AvgIpc) is 2.87. The van der Waals surface area contributed by atoms with Gasteiger partial charge < -0.3 is 11.1 Å². The smallest absolute Gasteiger partial charge is 0.269 e. The lowest BCUT2D eigenvalue weighted by atomic mass is 9.92. The number of nitrogens with zero attached hydrogens (tertiary/aromatic N) is 2. The number of hydrogen-bond acceptors (Lipinski definition) is 3. The second-order valence-electron chi connectivity index (χ2n) is 6.52. The first-order chi connectivity index (χ1) is 10.3. The second kappa shape index (κ2) is 6.32. The third kappa shape index (κ3) is 3.74. The van der Waals surface area contributed by atoms with Gasteiger partial charge in [-0.2, -0.15) is 5.10 Å². The van der Waals surface area contributed by atoms with Crippen LogP contribution in [0, 0.1) is 0 Å². The van der Waals surface area contributed by atoms with Gasteiger partial charge in [0.2, 0.25) is 0 Å². The van der Waals surface area contributed by atoms with Crippen molar-refractivity contribution in [1.29, 1.82) is 0 Å². The highest BCUT2D eigenvalue weighted by Gasteiger charge is 2.21. The van der Waals surface area contributed by atoms with Gasteiger partial charge in [-0.05, 0) is 11.6 Å². The zero-order valence-corrected chi connectivity index (χ0v) is 13.6. The molecule has 0 saturated carbocycles. The van der Waals surface area contributed by atoms with Crippen molar-refractivity contribution < 1.29 is 4.79 Å². The van der Waals surface area contributed by atoms with Crippen molar-refractivity contribution in [2.24, 2.45) is 12.8 Å². The van der Waals surface area contributed by atoms with Gasteiger partial charge in [0, 0.05) is 25.0 Å². The number of aromatic nitrogens is 2. The molecular weight excluding hydrogens is 276 g/mol. The fourth-order valence-corrected chi connectivity index (χ4v) is 2.16.